The van der Waals surface area contributed by atoms with E-state index >= 15 is 0 Å². The van der Waals surface area contributed by atoms with Gasteiger partial charge in [0.15, 0.2) is 6.10 Å². The molecule has 2 aromatic heterocycles. The quantitative estimate of drug-likeness (QED) is 0.135. The molecule has 1 saturated heterocycles. The van der Waals surface area contributed by atoms with Crippen LogP contribution in [0.4, 0.5) is 27.6 Å². The number of hydrogen-bond acceptors (Lipinski definition) is 6. The summed E-state index contributed by atoms with van der Waals surface area (Å²) >= 11 is 5.93. The third-order valence-electron chi connectivity index (χ3n) is 8.63. The number of amides is 2. The van der Waals surface area contributed by atoms with Gasteiger partial charge in [0.2, 0.25) is 5.88 Å². The summed E-state index contributed by atoms with van der Waals surface area (Å²) in [4.78, 5) is 34.5. The number of piperazine rings is 1. The van der Waals surface area contributed by atoms with Crippen molar-refractivity contribution in [2.75, 3.05) is 44.8 Å². The fourth-order valence-electron chi connectivity index (χ4n) is 5.79. The van der Waals surface area contributed by atoms with Crippen LogP contribution in [-0.4, -0.2) is 76.8 Å². The van der Waals surface area contributed by atoms with Gasteiger partial charge < -0.3 is 24.3 Å². The van der Waals surface area contributed by atoms with Crippen molar-refractivity contribution in [2.24, 2.45) is 7.05 Å². The SMILES string of the molecule is Br.Cn1c(C(=O)N2CCN(Cc3ccc(OC(CF)CF)cc3)CC2)cc2ccc(Oc3ccc(NC(=O)c4ccc(C(F)(F)F)cc4Cl)cn3)cc21. The number of halogens is 7. The molecule has 0 bridgehead atoms. The van der Waals surface area contributed by atoms with Crippen molar-refractivity contribution in [2.45, 2.75) is 18.8 Å². The van der Waals surface area contributed by atoms with Gasteiger partial charge in [-0.3, -0.25) is 14.5 Å². The maximum Gasteiger partial charge on any atom is 0.416 e. The monoisotopic (exact) mass is 821 g/mol. The number of carbonyl (C=O) groups excluding carboxylic acids is 2. The zero-order valence-corrected chi connectivity index (χ0v) is 30.7. The predicted molar refractivity (Wildman–Crippen MR) is 196 cm³/mol. The van der Waals surface area contributed by atoms with Crippen LogP contribution in [0.3, 0.4) is 0 Å². The molecule has 16 heteroatoms. The van der Waals surface area contributed by atoms with Crippen molar-refractivity contribution < 1.29 is 41.0 Å². The Labute approximate surface area is 317 Å². The number of nitrogens with zero attached hydrogens (tertiary/aromatic N) is 4. The molecular weight excluding hydrogens is 789 g/mol. The maximum atomic E-state index is 13.6. The number of ether oxygens (including phenoxy) is 2. The van der Waals surface area contributed by atoms with Gasteiger partial charge in [0, 0.05) is 57.3 Å². The third kappa shape index (κ3) is 9.45. The van der Waals surface area contributed by atoms with E-state index in [0.717, 1.165) is 28.6 Å². The van der Waals surface area contributed by atoms with E-state index in [0.29, 0.717) is 56.0 Å². The fourth-order valence-corrected chi connectivity index (χ4v) is 6.05. The van der Waals surface area contributed by atoms with Crippen molar-refractivity contribution in [3.05, 3.63) is 112 Å². The molecule has 1 N–H and O–H groups in total. The molecule has 0 unspecified atom stereocenters. The second-order valence-corrected chi connectivity index (χ2v) is 12.6. The van der Waals surface area contributed by atoms with Crippen molar-refractivity contribution in [3.63, 3.8) is 0 Å². The highest BCUT2D eigenvalue weighted by Crippen LogP contribution is 2.33. The number of benzene rings is 3. The Balaban J connectivity index is 0.00000541. The Morgan fingerprint density at radius 2 is 1.60 bits per heavy atom. The maximum absolute atomic E-state index is 13.6. The summed E-state index contributed by atoms with van der Waals surface area (Å²) in [6.45, 7) is 1.32. The van der Waals surface area contributed by atoms with Gasteiger partial charge in [-0.2, -0.15) is 13.2 Å². The number of carbonyl (C=O) groups is 2. The number of pyridine rings is 1. The Kier molecular flexibility index (Phi) is 12.6. The van der Waals surface area contributed by atoms with Gasteiger partial charge in [-0.1, -0.05) is 23.7 Å². The molecule has 5 aromatic rings. The van der Waals surface area contributed by atoms with Crippen molar-refractivity contribution in [1.82, 2.24) is 19.4 Å². The number of fused-ring (bicyclic) bond motifs is 1. The highest BCUT2D eigenvalue weighted by atomic mass is 79.9. The molecular formula is C37H34BrClF5N5O4. The highest BCUT2D eigenvalue weighted by Gasteiger charge is 2.31. The minimum atomic E-state index is -4.58. The molecule has 1 aliphatic heterocycles. The molecule has 9 nitrogen and oxygen atoms in total. The van der Waals surface area contributed by atoms with E-state index in [1.165, 1.54) is 18.3 Å². The zero-order valence-electron chi connectivity index (χ0n) is 28.2. The van der Waals surface area contributed by atoms with E-state index in [2.05, 4.69) is 15.2 Å². The molecule has 2 amide bonds. The molecule has 1 fully saturated rings. The lowest BCUT2D eigenvalue weighted by molar-refractivity contribution is -0.137. The molecule has 6 rings (SSSR count). The van der Waals surface area contributed by atoms with Crippen LogP contribution in [0, 0.1) is 0 Å². The largest absolute Gasteiger partial charge is 0.485 e. The number of anilines is 1. The van der Waals surface area contributed by atoms with Crippen LogP contribution >= 0.6 is 28.6 Å². The first kappa shape index (κ1) is 39.5. The molecule has 280 valence electrons. The number of alkyl halides is 5. The van der Waals surface area contributed by atoms with Gasteiger partial charge in [0.25, 0.3) is 11.8 Å². The Bertz CT molecular complexity index is 2050. The van der Waals surface area contributed by atoms with E-state index in [1.54, 1.807) is 24.3 Å². The summed E-state index contributed by atoms with van der Waals surface area (Å²) < 4.78 is 77.4. The van der Waals surface area contributed by atoms with Crippen LogP contribution in [0.15, 0.2) is 85.1 Å². The number of aryl methyl sites for hydroxylation is 1. The van der Waals surface area contributed by atoms with Crippen LogP contribution in [-0.2, 0) is 19.8 Å². The zero-order chi connectivity index (χ0) is 37.0. The number of nitrogens with one attached hydrogen (secondary N) is 1. The van der Waals surface area contributed by atoms with Crippen LogP contribution in [0.25, 0.3) is 10.9 Å². The van der Waals surface area contributed by atoms with Crippen molar-refractivity contribution >= 4 is 57.0 Å². The molecule has 0 radical (unpaired) electrons. The van der Waals surface area contributed by atoms with E-state index < -0.39 is 37.1 Å². The summed E-state index contributed by atoms with van der Waals surface area (Å²) in [6, 6.07) is 19.9. The van der Waals surface area contributed by atoms with Gasteiger partial charge >= 0.3 is 6.18 Å². The van der Waals surface area contributed by atoms with Gasteiger partial charge in [-0.25, -0.2) is 13.8 Å². The fraction of sp³-hybridized carbons (Fsp3) is 0.270. The number of aromatic nitrogens is 2. The lowest BCUT2D eigenvalue weighted by Crippen LogP contribution is -2.48. The van der Waals surface area contributed by atoms with Crippen LogP contribution in [0.2, 0.25) is 5.02 Å². The average molecular weight is 823 g/mol. The molecule has 3 aromatic carbocycles. The normalized spacial score (nSPS) is 13.5. The van der Waals surface area contributed by atoms with Crippen LogP contribution < -0.4 is 14.8 Å². The minimum Gasteiger partial charge on any atom is -0.485 e. The van der Waals surface area contributed by atoms with E-state index in [1.807, 2.05) is 40.8 Å². The lowest BCUT2D eigenvalue weighted by atomic mass is 10.1. The van der Waals surface area contributed by atoms with Gasteiger partial charge in [-0.15, -0.1) is 17.0 Å². The summed E-state index contributed by atoms with van der Waals surface area (Å²) in [5, 5.41) is 3.07. The predicted octanol–water partition coefficient (Wildman–Crippen LogP) is 8.51. The Hall–Kier alpha value is -4.73. The standard InChI is InChI=1S/C37H33ClF5N5O4.BrH/c1-46-32-18-28(52-34-11-6-26(21-44-34)45-35(49)30-10-5-25(17-31(30)38)37(41,42)43)9-4-24(32)16-33(46)36(50)48-14-12-47(13-15-48)22-23-2-7-27(8-3-23)51-29(19-39)20-40;/h2-11,16-18,21,29H,12-15,19-20,22H2,1H3,(H,45,49);1H. The van der Waals surface area contributed by atoms with Crippen LogP contribution in [0.1, 0.15) is 32.0 Å². The highest BCUT2D eigenvalue weighted by molar-refractivity contribution is 8.93. The van der Waals surface area contributed by atoms with Crippen LogP contribution in [0.5, 0.6) is 17.4 Å². The summed E-state index contributed by atoms with van der Waals surface area (Å²) in [5.74, 6) is 0.313. The smallest absolute Gasteiger partial charge is 0.416 e. The van der Waals surface area contributed by atoms with Gasteiger partial charge in [-0.05, 0) is 60.2 Å². The summed E-state index contributed by atoms with van der Waals surface area (Å²) in [6.07, 6.45) is -4.34. The number of hydrogen-bond donors (Lipinski definition) is 1. The van der Waals surface area contributed by atoms with Gasteiger partial charge in [0.05, 0.1) is 33.6 Å². The van der Waals surface area contributed by atoms with Crippen molar-refractivity contribution in [1.29, 1.82) is 0 Å². The third-order valence-corrected chi connectivity index (χ3v) is 8.94. The molecule has 3 heterocycles. The molecule has 0 atom stereocenters. The first-order valence-electron chi connectivity index (χ1n) is 16.2. The number of rotatable bonds is 11. The van der Waals surface area contributed by atoms with Gasteiger partial charge in [0.1, 0.15) is 30.5 Å². The summed E-state index contributed by atoms with van der Waals surface area (Å²) in [7, 11) is 1.81. The summed E-state index contributed by atoms with van der Waals surface area (Å²) in [5.41, 5.74) is 1.52. The van der Waals surface area contributed by atoms with E-state index in [9.17, 15) is 31.5 Å². The van der Waals surface area contributed by atoms with E-state index in [4.69, 9.17) is 21.1 Å². The average Bonchev–Trinajstić information content (AvgIpc) is 3.46. The first-order valence-corrected chi connectivity index (χ1v) is 16.6. The molecule has 1 aliphatic rings. The topological polar surface area (TPSA) is 88.9 Å². The van der Waals surface area contributed by atoms with Crippen molar-refractivity contribution in [3.8, 4) is 17.4 Å². The first-order chi connectivity index (χ1) is 24.9. The molecule has 0 spiro atoms. The second kappa shape index (κ2) is 16.9. The molecule has 0 saturated carbocycles. The second-order valence-electron chi connectivity index (χ2n) is 12.2. The van der Waals surface area contributed by atoms with E-state index in [-0.39, 0.29) is 45.0 Å². The molecule has 53 heavy (non-hydrogen) atoms. The lowest BCUT2D eigenvalue weighted by Gasteiger charge is -2.34. The Morgan fingerprint density at radius 3 is 2.23 bits per heavy atom. The minimum absolute atomic E-state index is 0. The Morgan fingerprint density at radius 1 is 0.906 bits per heavy atom. The molecule has 0 aliphatic carbocycles.